The molecule has 17 heavy (non-hydrogen) atoms. The minimum Gasteiger partial charge on any atom is -0.330 e. The molecule has 0 bridgehead atoms. The molecule has 1 unspecified atom stereocenters. The molecule has 0 aliphatic heterocycles. The van der Waals surface area contributed by atoms with Gasteiger partial charge in [0.15, 0.2) is 0 Å². The fourth-order valence-electron chi connectivity index (χ4n) is 1.71. The molecule has 90 valence electrons. The molecule has 0 saturated carbocycles. The van der Waals surface area contributed by atoms with Gasteiger partial charge in [0.25, 0.3) is 0 Å². The standard InChI is InChI=1S/C12H16N4O/c1-8(5-6-13)12(17)15-10-4-2-3-9-7-14-16-11(9)10/h2-4,7-8H,5-6,13H2,1H3,(H,14,16)(H,15,17). The Bertz CT molecular complexity index is 520. The van der Waals surface area contributed by atoms with Gasteiger partial charge in [0, 0.05) is 11.3 Å². The van der Waals surface area contributed by atoms with E-state index in [1.807, 2.05) is 25.1 Å². The Morgan fingerprint density at radius 2 is 2.41 bits per heavy atom. The minimum absolute atomic E-state index is 0.0162. The number of carbonyl (C=O) groups is 1. The van der Waals surface area contributed by atoms with Crippen molar-refractivity contribution >= 4 is 22.5 Å². The average Bonchev–Trinajstić information content (AvgIpc) is 2.78. The number of H-pyrrole nitrogens is 1. The van der Waals surface area contributed by atoms with Gasteiger partial charge in [-0.15, -0.1) is 0 Å². The molecule has 0 radical (unpaired) electrons. The third kappa shape index (κ3) is 2.45. The number of rotatable bonds is 4. The second kappa shape index (κ2) is 4.97. The molecule has 0 aliphatic rings. The van der Waals surface area contributed by atoms with Gasteiger partial charge >= 0.3 is 0 Å². The van der Waals surface area contributed by atoms with Crippen molar-refractivity contribution in [3.63, 3.8) is 0 Å². The highest BCUT2D eigenvalue weighted by Gasteiger charge is 2.13. The summed E-state index contributed by atoms with van der Waals surface area (Å²) in [5.74, 6) is -0.101. The van der Waals surface area contributed by atoms with E-state index in [9.17, 15) is 4.79 Å². The highest BCUT2D eigenvalue weighted by Crippen LogP contribution is 2.21. The van der Waals surface area contributed by atoms with Gasteiger partial charge in [-0.25, -0.2) is 0 Å². The number of fused-ring (bicyclic) bond motifs is 1. The summed E-state index contributed by atoms with van der Waals surface area (Å²) in [5, 5.41) is 10.7. The molecule has 1 amide bonds. The van der Waals surface area contributed by atoms with Crippen LogP contribution in [0.25, 0.3) is 10.9 Å². The highest BCUT2D eigenvalue weighted by molar-refractivity contribution is 6.00. The second-order valence-electron chi connectivity index (χ2n) is 4.11. The van der Waals surface area contributed by atoms with Crippen LogP contribution < -0.4 is 11.1 Å². The van der Waals surface area contributed by atoms with Gasteiger partial charge < -0.3 is 11.1 Å². The molecular weight excluding hydrogens is 216 g/mol. The Labute approximate surface area is 99.4 Å². The van der Waals surface area contributed by atoms with Crippen LogP contribution >= 0.6 is 0 Å². The zero-order chi connectivity index (χ0) is 12.3. The maximum atomic E-state index is 11.9. The predicted octanol–water partition coefficient (Wildman–Crippen LogP) is 1.49. The van der Waals surface area contributed by atoms with E-state index in [-0.39, 0.29) is 11.8 Å². The first kappa shape index (κ1) is 11.6. The van der Waals surface area contributed by atoms with E-state index < -0.39 is 0 Å². The smallest absolute Gasteiger partial charge is 0.227 e. The number of hydrogen-bond donors (Lipinski definition) is 3. The Kier molecular flexibility index (Phi) is 3.39. The largest absolute Gasteiger partial charge is 0.330 e. The van der Waals surface area contributed by atoms with Crippen molar-refractivity contribution in [2.45, 2.75) is 13.3 Å². The average molecular weight is 232 g/mol. The van der Waals surface area contributed by atoms with Crippen molar-refractivity contribution < 1.29 is 4.79 Å². The zero-order valence-corrected chi connectivity index (χ0v) is 9.73. The molecule has 4 N–H and O–H groups in total. The number of anilines is 1. The number of carbonyl (C=O) groups excluding carboxylic acids is 1. The van der Waals surface area contributed by atoms with Gasteiger partial charge in [-0.1, -0.05) is 19.1 Å². The Morgan fingerprint density at radius 1 is 1.59 bits per heavy atom. The maximum absolute atomic E-state index is 11.9. The monoisotopic (exact) mass is 232 g/mol. The first-order valence-electron chi connectivity index (χ1n) is 5.65. The van der Waals surface area contributed by atoms with Crippen LogP contribution in [0.15, 0.2) is 24.4 Å². The fraction of sp³-hybridized carbons (Fsp3) is 0.333. The van der Waals surface area contributed by atoms with Gasteiger partial charge in [-0.3, -0.25) is 9.89 Å². The van der Waals surface area contributed by atoms with Crippen LogP contribution in [0, 0.1) is 5.92 Å². The Balaban J connectivity index is 2.18. The number of aromatic amines is 1. The number of aromatic nitrogens is 2. The van der Waals surface area contributed by atoms with E-state index in [1.165, 1.54) is 0 Å². The number of nitrogens with one attached hydrogen (secondary N) is 2. The van der Waals surface area contributed by atoms with Crippen molar-refractivity contribution in [3.05, 3.63) is 24.4 Å². The van der Waals surface area contributed by atoms with Gasteiger partial charge in [0.05, 0.1) is 17.4 Å². The van der Waals surface area contributed by atoms with Crippen molar-refractivity contribution in [1.82, 2.24) is 10.2 Å². The molecule has 2 rings (SSSR count). The first-order valence-corrected chi connectivity index (χ1v) is 5.65. The predicted molar refractivity (Wildman–Crippen MR) is 67.6 cm³/mol. The number of nitrogens with zero attached hydrogens (tertiary/aromatic N) is 1. The molecule has 1 aromatic carbocycles. The lowest BCUT2D eigenvalue weighted by atomic mass is 10.1. The Hall–Kier alpha value is -1.88. The molecule has 1 heterocycles. The summed E-state index contributed by atoms with van der Waals surface area (Å²) in [6.07, 6.45) is 2.42. The Morgan fingerprint density at radius 3 is 3.18 bits per heavy atom. The minimum atomic E-state index is -0.0850. The number of amides is 1. The van der Waals surface area contributed by atoms with Crippen molar-refractivity contribution in [2.24, 2.45) is 11.7 Å². The molecule has 5 heteroatoms. The second-order valence-corrected chi connectivity index (χ2v) is 4.11. The maximum Gasteiger partial charge on any atom is 0.227 e. The summed E-state index contributed by atoms with van der Waals surface area (Å²) in [4.78, 5) is 11.9. The van der Waals surface area contributed by atoms with E-state index in [0.717, 1.165) is 16.6 Å². The molecule has 0 aliphatic carbocycles. The van der Waals surface area contributed by atoms with E-state index in [2.05, 4.69) is 15.5 Å². The third-order valence-corrected chi connectivity index (χ3v) is 2.78. The van der Waals surface area contributed by atoms with Gasteiger partial charge in [0.2, 0.25) is 5.91 Å². The van der Waals surface area contributed by atoms with Crippen molar-refractivity contribution in [3.8, 4) is 0 Å². The highest BCUT2D eigenvalue weighted by atomic mass is 16.1. The number of para-hydroxylation sites is 1. The molecule has 0 spiro atoms. The van der Waals surface area contributed by atoms with Gasteiger partial charge in [-0.05, 0) is 19.0 Å². The summed E-state index contributed by atoms with van der Waals surface area (Å²) < 4.78 is 0. The summed E-state index contributed by atoms with van der Waals surface area (Å²) in [6.45, 7) is 2.39. The van der Waals surface area contributed by atoms with Crippen molar-refractivity contribution in [1.29, 1.82) is 0 Å². The summed E-state index contributed by atoms with van der Waals surface area (Å²) in [7, 11) is 0. The van der Waals surface area contributed by atoms with Gasteiger partial charge in [0.1, 0.15) is 0 Å². The van der Waals surface area contributed by atoms with E-state index in [4.69, 9.17) is 5.73 Å². The molecule has 0 fully saturated rings. The van der Waals surface area contributed by atoms with E-state index in [1.54, 1.807) is 6.20 Å². The van der Waals surface area contributed by atoms with Crippen LogP contribution in [0.1, 0.15) is 13.3 Å². The van der Waals surface area contributed by atoms with Crippen LogP contribution in [-0.4, -0.2) is 22.6 Å². The number of hydrogen-bond acceptors (Lipinski definition) is 3. The lowest BCUT2D eigenvalue weighted by Gasteiger charge is -2.11. The lowest BCUT2D eigenvalue weighted by Crippen LogP contribution is -2.22. The van der Waals surface area contributed by atoms with E-state index >= 15 is 0 Å². The first-order chi connectivity index (χ1) is 8.22. The fourth-order valence-corrected chi connectivity index (χ4v) is 1.71. The van der Waals surface area contributed by atoms with E-state index in [0.29, 0.717) is 13.0 Å². The summed E-state index contributed by atoms with van der Waals surface area (Å²) in [5.41, 5.74) is 7.04. The summed E-state index contributed by atoms with van der Waals surface area (Å²) >= 11 is 0. The van der Waals surface area contributed by atoms with Gasteiger partial charge in [-0.2, -0.15) is 5.10 Å². The molecule has 1 atom stereocenters. The van der Waals surface area contributed by atoms with Crippen LogP contribution in [-0.2, 0) is 4.79 Å². The van der Waals surface area contributed by atoms with Crippen molar-refractivity contribution in [2.75, 3.05) is 11.9 Å². The van der Waals surface area contributed by atoms with Crippen LogP contribution in [0.5, 0.6) is 0 Å². The normalized spacial score (nSPS) is 12.6. The zero-order valence-electron chi connectivity index (χ0n) is 9.73. The molecule has 2 aromatic rings. The summed E-state index contributed by atoms with van der Waals surface area (Å²) in [6, 6.07) is 5.69. The van der Waals surface area contributed by atoms with Crippen LogP contribution in [0.4, 0.5) is 5.69 Å². The number of benzene rings is 1. The quantitative estimate of drug-likeness (QED) is 0.746. The van der Waals surface area contributed by atoms with Crippen LogP contribution in [0.3, 0.4) is 0 Å². The molecule has 5 nitrogen and oxygen atoms in total. The molecule has 1 aromatic heterocycles. The molecule has 0 saturated heterocycles. The lowest BCUT2D eigenvalue weighted by molar-refractivity contribution is -0.119. The SMILES string of the molecule is CC(CCN)C(=O)Nc1cccc2cn[nH]c12. The van der Waals surface area contributed by atoms with Crippen LogP contribution in [0.2, 0.25) is 0 Å². The third-order valence-electron chi connectivity index (χ3n) is 2.78. The molecular formula is C12H16N4O. The number of nitrogens with two attached hydrogens (primary N) is 1. The topological polar surface area (TPSA) is 83.8 Å².